The molecule has 0 saturated heterocycles. The number of rotatable bonds is 5. The van der Waals surface area contributed by atoms with Crippen LogP contribution in [0.1, 0.15) is 0 Å². The Labute approximate surface area is 140 Å². The van der Waals surface area contributed by atoms with E-state index in [1.165, 1.54) is 6.33 Å². The molecule has 0 amide bonds. The summed E-state index contributed by atoms with van der Waals surface area (Å²) in [7, 11) is 3.48. The SMILES string of the molecule is CNc1ccc(Nc2cc(-c3ccc(OC)cc3)ncn2)cc1N. The number of nitrogens with two attached hydrogens (primary N) is 1. The Morgan fingerprint density at radius 2 is 1.79 bits per heavy atom. The second-order valence-electron chi connectivity index (χ2n) is 5.19. The molecule has 6 nitrogen and oxygen atoms in total. The third-order valence-corrected chi connectivity index (χ3v) is 3.65. The first kappa shape index (κ1) is 15.6. The molecule has 0 atom stereocenters. The molecule has 1 heterocycles. The van der Waals surface area contributed by atoms with Crippen molar-refractivity contribution in [3.8, 4) is 17.0 Å². The van der Waals surface area contributed by atoms with E-state index in [0.717, 1.165) is 28.4 Å². The summed E-state index contributed by atoms with van der Waals surface area (Å²) >= 11 is 0. The lowest BCUT2D eigenvalue weighted by molar-refractivity contribution is 0.415. The molecule has 2 aromatic carbocycles. The Bertz CT molecular complexity index is 833. The Morgan fingerprint density at radius 1 is 1.00 bits per heavy atom. The van der Waals surface area contributed by atoms with Crippen LogP contribution >= 0.6 is 0 Å². The van der Waals surface area contributed by atoms with E-state index in [9.17, 15) is 0 Å². The number of ether oxygens (including phenoxy) is 1. The predicted octanol–water partition coefficient (Wildman–Crippen LogP) is 3.52. The first-order valence-corrected chi connectivity index (χ1v) is 7.50. The molecule has 3 rings (SSSR count). The van der Waals surface area contributed by atoms with Gasteiger partial charge in [0, 0.05) is 24.4 Å². The minimum Gasteiger partial charge on any atom is -0.497 e. The highest BCUT2D eigenvalue weighted by Crippen LogP contribution is 2.26. The van der Waals surface area contributed by atoms with Gasteiger partial charge in [0.2, 0.25) is 0 Å². The highest BCUT2D eigenvalue weighted by molar-refractivity contribution is 5.74. The second kappa shape index (κ2) is 6.87. The first-order valence-electron chi connectivity index (χ1n) is 7.50. The van der Waals surface area contributed by atoms with Gasteiger partial charge in [-0.05, 0) is 42.5 Å². The third-order valence-electron chi connectivity index (χ3n) is 3.65. The molecule has 0 bridgehead atoms. The van der Waals surface area contributed by atoms with E-state index in [0.29, 0.717) is 11.5 Å². The molecule has 0 radical (unpaired) electrons. The van der Waals surface area contributed by atoms with Crippen LogP contribution in [-0.4, -0.2) is 24.1 Å². The zero-order valence-electron chi connectivity index (χ0n) is 13.6. The molecule has 0 fully saturated rings. The number of hydrogen-bond acceptors (Lipinski definition) is 6. The number of benzene rings is 2. The molecule has 0 spiro atoms. The molecule has 6 heteroatoms. The first-order chi connectivity index (χ1) is 11.7. The fourth-order valence-corrected chi connectivity index (χ4v) is 2.36. The van der Waals surface area contributed by atoms with E-state index in [1.54, 1.807) is 7.11 Å². The zero-order chi connectivity index (χ0) is 16.9. The van der Waals surface area contributed by atoms with Crippen molar-refractivity contribution >= 4 is 22.9 Å². The Balaban J connectivity index is 1.83. The van der Waals surface area contributed by atoms with Gasteiger partial charge in [-0.15, -0.1) is 0 Å². The van der Waals surface area contributed by atoms with E-state index in [4.69, 9.17) is 10.5 Å². The highest BCUT2D eigenvalue weighted by atomic mass is 16.5. The van der Waals surface area contributed by atoms with Crippen molar-refractivity contribution in [2.75, 3.05) is 30.5 Å². The molecule has 0 saturated carbocycles. The monoisotopic (exact) mass is 321 g/mol. The number of hydrogen-bond donors (Lipinski definition) is 3. The molecule has 0 aliphatic rings. The van der Waals surface area contributed by atoms with Gasteiger partial charge in [-0.3, -0.25) is 0 Å². The summed E-state index contributed by atoms with van der Waals surface area (Å²) in [6.07, 6.45) is 1.53. The van der Waals surface area contributed by atoms with Crippen molar-refractivity contribution in [1.82, 2.24) is 9.97 Å². The van der Waals surface area contributed by atoms with Crippen LogP contribution in [0.15, 0.2) is 54.9 Å². The van der Waals surface area contributed by atoms with Crippen LogP contribution in [0.5, 0.6) is 5.75 Å². The molecule has 24 heavy (non-hydrogen) atoms. The van der Waals surface area contributed by atoms with Gasteiger partial charge in [-0.1, -0.05) is 0 Å². The molecular weight excluding hydrogens is 302 g/mol. The fraction of sp³-hybridized carbons (Fsp3) is 0.111. The fourth-order valence-electron chi connectivity index (χ4n) is 2.36. The maximum Gasteiger partial charge on any atom is 0.134 e. The molecule has 0 aliphatic heterocycles. The van der Waals surface area contributed by atoms with Crippen LogP contribution in [-0.2, 0) is 0 Å². The number of anilines is 4. The van der Waals surface area contributed by atoms with Crippen LogP contribution in [0.4, 0.5) is 22.9 Å². The average Bonchev–Trinajstić information content (AvgIpc) is 2.62. The van der Waals surface area contributed by atoms with Crippen LogP contribution < -0.4 is 21.1 Å². The number of methoxy groups -OCH3 is 1. The van der Waals surface area contributed by atoms with Crippen molar-refractivity contribution < 1.29 is 4.74 Å². The minimum absolute atomic E-state index is 0.673. The van der Waals surface area contributed by atoms with Gasteiger partial charge in [-0.2, -0.15) is 0 Å². The Hall–Kier alpha value is -3.28. The van der Waals surface area contributed by atoms with Gasteiger partial charge >= 0.3 is 0 Å². The van der Waals surface area contributed by atoms with Gasteiger partial charge < -0.3 is 21.1 Å². The van der Waals surface area contributed by atoms with Crippen molar-refractivity contribution in [3.63, 3.8) is 0 Å². The lowest BCUT2D eigenvalue weighted by Gasteiger charge is -2.10. The lowest BCUT2D eigenvalue weighted by Crippen LogP contribution is -1.99. The van der Waals surface area contributed by atoms with Gasteiger partial charge in [0.05, 0.1) is 24.2 Å². The largest absolute Gasteiger partial charge is 0.497 e. The number of aromatic nitrogens is 2. The van der Waals surface area contributed by atoms with E-state index < -0.39 is 0 Å². The summed E-state index contributed by atoms with van der Waals surface area (Å²) in [4.78, 5) is 8.59. The summed E-state index contributed by atoms with van der Waals surface area (Å²) in [5.41, 5.74) is 10.2. The second-order valence-corrected chi connectivity index (χ2v) is 5.19. The van der Waals surface area contributed by atoms with Gasteiger partial charge in [0.25, 0.3) is 0 Å². The van der Waals surface area contributed by atoms with E-state index in [1.807, 2.05) is 55.6 Å². The normalized spacial score (nSPS) is 10.2. The van der Waals surface area contributed by atoms with Crippen LogP contribution in [0.25, 0.3) is 11.3 Å². The molecule has 1 aromatic heterocycles. The predicted molar refractivity (Wildman–Crippen MR) is 97.7 cm³/mol. The smallest absolute Gasteiger partial charge is 0.134 e. The molecule has 0 unspecified atom stereocenters. The third kappa shape index (κ3) is 3.38. The highest BCUT2D eigenvalue weighted by Gasteiger charge is 2.04. The number of nitrogens with zero attached hydrogens (tertiary/aromatic N) is 2. The van der Waals surface area contributed by atoms with Crippen LogP contribution in [0.2, 0.25) is 0 Å². The molecular formula is C18H19N5O. The standard InChI is InChI=1S/C18H19N5O/c1-20-16-8-5-13(9-15(16)19)23-18-10-17(21-11-22-18)12-3-6-14(24-2)7-4-12/h3-11,20H,19H2,1-2H3,(H,21,22,23). The maximum absolute atomic E-state index is 5.99. The number of nitrogen functional groups attached to an aromatic ring is 1. The van der Waals surface area contributed by atoms with E-state index in [2.05, 4.69) is 20.6 Å². The Morgan fingerprint density at radius 3 is 2.46 bits per heavy atom. The van der Waals surface area contributed by atoms with Crippen molar-refractivity contribution in [2.45, 2.75) is 0 Å². The molecule has 4 N–H and O–H groups in total. The molecule has 3 aromatic rings. The molecule has 122 valence electrons. The van der Waals surface area contributed by atoms with Gasteiger partial charge in [0.1, 0.15) is 17.9 Å². The maximum atomic E-state index is 5.99. The quantitative estimate of drug-likeness (QED) is 0.624. The summed E-state index contributed by atoms with van der Waals surface area (Å²) in [5.74, 6) is 1.51. The van der Waals surface area contributed by atoms with E-state index >= 15 is 0 Å². The number of nitrogens with one attached hydrogen (secondary N) is 2. The topological polar surface area (TPSA) is 85.1 Å². The average molecular weight is 321 g/mol. The van der Waals surface area contributed by atoms with E-state index in [-0.39, 0.29) is 0 Å². The summed E-state index contributed by atoms with van der Waals surface area (Å²) in [6, 6.07) is 15.4. The Kier molecular flexibility index (Phi) is 4.47. The van der Waals surface area contributed by atoms with Gasteiger partial charge in [-0.25, -0.2) is 9.97 Å². The van der Waals surface area contributed by atoms with Crippen LogP contribution in [0, 0.1) is 0 Å². The molecule has 0 aliphatic carbocycles. The summed E-state index contributed by atoms with van der Waals surface area (Å²) in [5, 5.41) is 6.28. The van der Waals surface area contributed by atoms with Crippen molar-refractivity contribution in [3.05, 3.63) is 54.9 Å². The lowest BCUT2D eigenvalue weighted by atomic mass is 10.1. The summed E-state index contributed by atoms with van der Waals surface area (Å²) in [6.45, 7) is 0. The van der Waals surface area contributed by atoms with Crippen molar-refractivity contribution in [2.24, 2.45) is 0 Å². The summed E-state index contributed by atoms with van der Waals surface area (Å²) < 4.78 is 5.18. The van der Waals surface area contributed by atoms with Crippen molar-refractivity contribution in [1.29, 1.82) is 0 Å². The van der Waals surface area contributed by atoms with Gasteiger partial charge in [0.15, 0.2) is 0 Å². The minimum atomic E-state index is 0.673. The zero-order valence-corrected chi connectivity index (χ0v) is 13.6. The van der Waals surface area contributed by atoms with Crippen LogP contribution in [0.3, 0.4) is 0 Å².